The molecule has 3 heteroatoms. The number of nitrogens with one attached hydrogen (secondary N) is 1. The largest absolute Gasteiger partial charge is 0.392 e. The van der Waals surface area contributed by atoms with E-state index in [0.717, 1.165) is 32.6 Å². The van der Waals surface area contributed by atoms with Crippen molar-refractivity contribution < 1.29 is 5.11 Å². The molecule has 1 saturated heterocycles. The molecule has 0 bridgehead atoms. The van der Waals surface area contributed by atoms with Crippen LogP contribution in [-0.4, -0.2) is 31.0 Å². The minimum atomic E-state index is -0.0752. The van der Waals surface area contributed by atoms with Crippen LogP contribution in [0.3, 0.4) is 0 Å². The van der Waals surface area contributed by atoms with Gasteiger partial charge in [0, 0.05) is 6.54 Å². The summed E-state index contributed by atoms with van der Waals surface area (Å²) in [6, 6.07) is 0. The summed E-state index contributed by atoms with van der Waals surface area (Å²) in [5, 5.41) is 11.9. The van der Waals surface area contributed by atoms with Gasteiger partial charge in [0.1, 0.15) is 6.71 Å². The van der Waals surface area contributed by atoms with Gasteiger partial charge in [0.15, 0.2) is 0 Å². The molecule has 0 aromatic heterocycles. The van der Waals surface area contributed by atoms with Gasteiger partial charge in [0.2, 0.25) is 0 Å². The van der Waals surface area contributed by atoms with Crippen molar-refractivity contribution in [2.45, 2.75) is 58.7 Å². The van der Waals surface area contributed by atoms with Gasteiger partial charge in [0.05, 0.1) is 6.10 Å². The normalized spacial score (nSPS) is 21.0. The molecule has 1 unspecified atom stereocenters. The maximum absolute atomic E-state index is 8.85. The van der Waals surface area contributed by atoms with Crippen LogP contribution in [0.1, 0.15) is 33.6 Å². The Morgan fingerprint density at radius 2 is 1.79 bits per heavy atom. The Balaban J connectivity index is 0.000000241. The van der Waals surface area contributed by atoms with Crippen LogP contribution in [0.5, 0.6) is 0 Å². The third-order valence-corrected chi connectivity index (χ3v) is 3.00. The number of hydrogen-bond donors (Lipinski definition) is 2. The molecule has 0 spiro atoms. The van der Waals surface area contributed by atoms with Gasteiger partial charge in [-0.05, 0) is 19.4 Å². The smallest absolute Gasteiger partial charge is 0.139 e. The van der Waals surface area contributed by atoms with Crippen LogP contribution in [-0.2, 0) is 0 Å². The van der Waals surface area contributed by atoms with E-state index in [1.54, 1.807) is 0 Å². The zero-order valence-electron chi connectivity index (χ0n) is 10.1. The Labute approximate surface area is 89.6 Å². The van der Waals surface area contributed by atoms with Crippen molar-refractivity contribution >= 4 is 6.71 Å². The molecule has 0 aliphatic carbocycles. The van der Waals surface area contributed by atoms with Crippen molar-refractivity contribution in [1.29, 1.82) is 0 Å². The van der Waals surface area contributed by atoms with Gasteiger partial charge in [-0.3, -0.25) is 0 Å². The second-order valence-electron chi connectivity index (χ2n) is 4.09. The van der Waals surface area contributed by atoms with Crippen molar-refractivity contribution in [1.82, 2.24) is 5.32 Å². The van der Waals surface area contributed by atoms with E-state index in [4.69, 9.17) is 5.11 Å². The van der Waals surface area contributed by atoms with E-state index in [2.05, 4.69) is 26.1 Å². The van der Waals surface area contributed by atoms with Gasteiger partial charge in [-0.15, -0.1) is 0 Å². The van der Waals surface area contributed by atoms with Crippen LogP contribution in [0.25, 0.3) is 0 Å². The van der Waals surface area contributed by atoms with Crippen molar-refractivity contribution in [3.8, 4) is 0 Å². The highest BCUT2D eigenvalue weighted by Crippen LogP contribution is 2.01. The van der Waals surface area contributed by atoms with E-state index in [0.29, 0.717) is 0 Å². The second kappa shape index (κ2) is 9.54. The zero-order valence-corrected chi connectivity index (χ0v) is 10.1. The Morgan fingerprint density at radius 3 is 1.93 bits per heavy atom. The molecule has 0 saturated carbocycles. The van der Waals surface area contributed by atoms with Crippen molar-refractivity contribution in [3.63, 3.8) is 0 Å². The van der Waals surface area contributed by atoms with Crippen LogP contribution in [0.15, 0.2) is 0 Å². The van der Waals surface area contributed by atoms with Gasteiger partial charge in [0.25, 0.3) is 0 Å². The average Bonchev–Trinajstić information content (AvgIpc) is 2.22. The lowest BCUT2D eigenvalue weighted by Crippen LogP contribution is -2.33. The molecule has 2 N–H and O–H groups in total. The summed E-state index contributed by atoms with van der Waals surface area (Å²) in [7, 11) is 0. The summed E-state index contributed by atoms with van der Waals surface area (Å²) < 4.78 is 0. The molecule has 2 nitrogen and oxygen atoms in total. The van der Waals surface area contributed by atoms with Gasteiger partial charge in [-0.25, -0.2) is 0 Å². The topological polar surface area (TPSA) is 32.3 Å². The monoisotopic (exact) mass is 199 g/mol. The lowest BCUT2D eigenvalue weighted by molar-refractivity contribution is 0.142. The van der Waals surface area contributed by atoms with Gasteiger partial charge >= 0.3 is 0 Å². The molecule has 1 rings (SSSR count). The van der Waals surface area contributed by atoms with Crippen molar-refractivity contribution in [2.24, 2.45) is 0 Å². The first-order valence-electron chi connectivity index (χ1n) is 6.13. The minimum Gasteiger partial charge on any atom is -0.392 e. The minimum absolute atomic E-state index is 0.0752. The molecule has 1 heterocycles. The molecule has 1 atom stereocenters. The van der Waals surface area contributed by atoms with Crippen LogP contribution < -0.4 is 5.32 Å². The van der Waals surface area contributed by atoms with E-state index in [1.165, 1.54) is 19.0 Å². The molecule has 0 radical (unpaired) electrons. The predicted octanol–water partition coefficient (Wildman–Crippen LogP) is 2.27. The second-order valence-corrected chi connectivity index (χ2v) is 4.09. The highest BCUT2D eigenvalue weighted by atomic mass is 16.3. The molecular formula is C11H26BNO. The first-order valence-corrected chi connectivity index (χ1v) is 6.13. The van der Waals surface area contributed by atoms with Gasteiger partial charge in [-0.1, -0.05) is 39.7 Å². The van der Waals surface area contributed by atoms with E-state index in [-0.39, 0.29) is 6.10 Å². The maximum atomic E-state index is 8.85. The maximum Gasteiger partial charge on any atom is 0.139 e. The number of β-amino-alcohol motifs (C(OH)–C–C–N with tert-alkyl or cyclic N) is 1. The van der Waals surface area contributed by atoms with Gasteiger partial charge in [-0.2, -0.15) is 0 Å². The quantitative estimate of drug-likeness (QED) is 0.683. The number of rotatable bonds is 3. The highest BCUT2D eigenvalue weighted by molar-refractivity contribution is 6.58. The van der Waals surface area contributed by atoms with E-state index < -0.39 is 0 Å². The fourth-order valence-electron chi connectivity index (χ4n) is 1.70. The van der Waals surface area contributed by atoms with Crippen LogP contribution in [0.4, 0.5) is 0 Å². The first kappa shape index (κ1) is 14.0. The van der Waals surface area contributed by atoms with Crippen molar-refractivity contribution in [2.75, 3.05) is 13.1 Å². The van der Waals surface area contributed by atoms with Crippen molar-refractivity contribution in [3.05, 3.63) is 0 Å². The Hall–Kier alpha value is -0.0151. The summed E-state index contributed by atoms with van der Waals surface area (Å²) in [4.78, 5) is 0. The molecule has 1 aliphatic rings. The molecule has 0 aromatic rings. The Morgan fingerprint density at radius 1 is 1.21 bits per heavy atom. The standard InChI is InChI=1S/C6H15B.C5H11NO/c1-4-7(5-2)6-3;7-5-2-1-3-6-4-5/h4-6H2,1-3H3;5-7H,1-4H2. The lowest BCUT2D eigenvalue weighted by atomic mass is 9.44. The summed E-state index contributed by atoms with van der Waals surface area (Å²) in [6.45, 7) is 9.64. The SMILES string of the molecule is CCB(CC)CC.OC1CCCNC1. The molecule has 0 amide bonds. The fraction of sp³-hybridized carbons (Fsp3) is 1.00. The molecule has 1 aliphatic heterocycles. The molecular weight excluding hydrogens is 173 g/mol. The molecule has 84 valence electrons. The van der Waals surface area contributed by atoms with Crippen LogP contribution in [0, 0.1) is 0 Å². The summed E-state index contributed by atoms with van der Waals surface area (Å²) in [5.74, 6) is 0. The predicted molar refractivity (Wildman–Crippen MR) is 65.3 cm³/mol. The fourth-order valence-corrected chi connectivity index (χ4v) is 1.70. The molecule has 1 fully saturated rings. The highest BCUT2D eigenvalue weighted by Gasteiger charge is 2.06. The average molecular weight is 199 g/mol. The van der Waals surface area contributed by atoms with E-state index >= 15 is 0 Å². The number of aliphatic hydroxyl groups is 1. The third-order valence-electron chi connectivity index (χ3n) is 3.00. The summed E-state index contributed by atoms with van der Waals surface area (Å²) >= 11 is 0. The Bertz CT molecular complexity index is 106. The molecule has 0 aromatic carbocycles. The first-order chi connectivity index (χ1) is 6.74. The molecule has 14 heavy (non-hydrogen) atoms. The third kappa shape index (κ3) is 7.39. The van der Waals surface area contributed by atoms with Crippen LogP contribution >= 0.6 is 0 Å². The number of aliphatic hydroxyl groups excluding tert-OH is 1. The number of piperidine rings is 1. The summed E-state index contributed by atoms with van der Waals surface area (Å²) in [5.41, 5.74) is 0. The lowest BCUT2D eigenvalue weighted by Gasteiger charge is -2.16. The van der Waals surface area contributed by atoms with E-state index in [1.807, 2.05) is 0 Å². The van der Waals surface area contributed by atoms with E-state index in [9.17, 15) is 0 Å². The number of hydrogen-bond acceptors (Lipinski definition) is 2. The van der Waals surface area contributed by atoms with Crippen LogP contribution in [0.2, 0.25) is 19.0 Å². The zero-order chi connectivity index (χ0) is 10.8. The Kier molecular flexibility index (Phi) is 9.53. The van der Waals surface area contributed by atoms with Gasteiger partial charge < -0.3 is 10.4 Å². The summed E-state index contributed by atoms with van der Waals surface area (Å²) in [6.07, 6.45) is 6.09.